The molecule has 180 valence electrons. The summed E-state index contributed by atoms with van der Waals surface area (Å²) < 4.78 is 27.1. The summed E-state index contributed by atoms with van der Waals surface area (Å²) in [7, 11) is 0. The maximum absolute atomic E-state index is 13.0. The number of amides is 1. The average Bonchev–Trinajstić information content (AvgIpc) is 2.70. The Hall–Kier alpha value is -2.99. The molecule has 0 aromatic heterocycles. The van der Waals surface area contributed by atoms with Crippen molar-refractivity contribution in [1.29, 1.82) is 0 Å². The van der Waals surface area contributed by atoms with Crippen LogP contribution in [0.2, 0.25) is 0 Å². The molecule has 2 rings (SSSR count). The van der Waals surface area contributed by atoms with Gasteiger partial charge in [-0.05, 0) is 28.1 Å². The smallest absolute Gasteiger partial charge is 0.305 e. The number of rotatable bonds is 7. The average molecular weight is 530 g/mol. The number of halogens is 1. The lowest BCUT2D eigenvalue weighted by Gasteiger charge is -2.44. The minimum Gasteiger partial charge on any atom is -0.463 e. The largest absolute Gasteiger partial charge is 0.463 e. The summed E-state index contributed by atoms with van der Waals surface area (Å²) in [5.41, 5.74) is 0.242. The van der Waals surface area contributed by atoms with E-state index in [0.717, 1.165) is 27.7 Å². The van der Waals surface area contributed by atoms with Gasteiger partial charge >= 0.3 is 23.9 Å². The van der Waals surface area contributed by atoms with Gasteiger partial charge in [0.2, 0.25) is 6.29 Å². The van der Waals surface area contributed by atoms with Crippen LogP contribution >= 0.6 is 15.9 Å². The molecule has 0 saturated carbocycles. The molecule has 1 aromatic carbocycles. The third kappa shape index (κ3) is 7.53. The molecule has 0 radical (unpaired) electrons. The molecule has 1 aliphatic rings. The van der Waals surface area contributed by atoms with E-state index < -0.39 is 67.0 Å². The quantitative estimate of drug-likeness (QED) is 0.404. The van der Waals surface area contributed by atoms with Crippen molar-refractivity contribution in [2.24, 2.45) is 0 Å². The predicted molar refractivity (Wildman–Crippen MR) is 114 cm³/mol. The molecule has 0 bridgehead atoms. The highest BCUT2D eigenvalue weighted by Gasteiger charge is 2.52. The van der Waals surface area contributed by atoms with Crippen LogP contribution < -0.4 is 5.32 Å². The van der Waals surface area contributed by atoms with Crippen LogP contribution in [0.15, 0.2) is 28.7 Å². The summed E-state index contributed by atoms with van der Waals surface area (Å²) in [6, 6.07) is 5.27. The topological polar surface area (TPSA) is 144 Å². The van der Waals surface area contributed by atoms with Crippen molar-refractivity contribution in [3.63, 3.8) is 0 Å². The van der Waals surface area contributed by atoms with Crippen LogP contribution in [0.5, 0.6) is 0 Å². The molecule has 33 heavy (non-hydrogen) atoms. The zero-order chi connectivity index (χ0) is 24.7. The normalized spacial score (nSPS) is 24.2. The van der Waals surface area contributed by atoms with Crippen molar-refractivity contribution in [2.45, 2.75) is 58.3 Å². The highest BCUT2D eigenvalue weighted by molar-refractivity contribution is 9.10. The molecule has 0 aliphatic carbocycles. The Balaban J connectivity index is 2.47. The molecule has 0 spiro atoms. The van der Waals surface area contributed by atoms with Gasteiger partial charge in [-0.3, -0.25) is 24.0 Å². The van der Waals surface area contributed by atoms with E-state index >= 15 is 0 Å². The first-order valence-corrected chi connectivity index (χ1v) is 10.6. The van der Waals surface area contributed by atoms with Gasteiger partial charge in [-0.1, -0.05) is 12.1 Å². The van der Waals surface area contributed by atoms with Gasteiger partial charge in [0.05, 0.1) is 5.56 Å². The molecule has 1 fully saturated rings. The zero-order valence-corrected chi connectivity index (χ0v) is 19.9. The molecular formula is C21H24BrNO10. The van der Waals surface area contributed by atoms with Crippen LogP contribution in [0.1, 0.15) is 38.1 Å². The maximum Gasteiger partial charge on any atom is 0.305 e. The van der Waals surface area contributed by atoms with Crippen molar-refractivity contribution >= 4 is 45.7 Å². The summed E-state index contributed by atoms with van der Waals surface area (Å²) in [6.07, 6.45) is -5.24. The zero-order valence-electron chi connectivity index (χ0n) is 18.4. The van der Waals surface area contributed by atoms with Gasteiger partial charge < -0.3 is 29.0 Å². The first kappa shape index (κ1) is 26.3. The van der Waals surface area contributed by atoms with Crippen molar-refractivity contribution in [3.8, 4) is 0 Å². The summed E-state index contributed by atoms with van der Waals surface area (Å²) >= 11 is 3.28. The molecule has 1 unspecified atom stereocenters. The molecule has 1 heterocycles. The summed E-state index contributed by atoms with van der Waals surface area (Å²) in [5.74, 6) is -3.50. The summed E-state index contributed by atoms with van der Waals surface area (Å²) in [4.78, 5) is 59.7. The Kier molecular flexibility index (Phi) is 9.35. The van der Waals surface area contributed by atoms with E-state index in [1.54, 1.807) is 18.2 Å². The van der Waals surface area contributed by atoms with Crippen LogP contribution in [0.4, 0.5) is 0 Å². The number of carbonyl (C=O) groups excluding carboxylic acids is 5. The van der Waals surface area contributed by atoms with E-state index in [-0.39, 0.29) is 5.56 Å². The van der Waals surface area contributed by atoms with Gasteiger partial charge in [-0.15, -0.1) is 0 Å². The van der Waals surface area contributed by atoms with Crippen molar-refractivity contribution in [2.75, 3.05) is 6.61 Å². The fourth-order valence-corrected chi connectivity index (χ4v) is 3.66. The first-order chi connectivity index (χ1) is 15.5. The highest BCUT2D eigenvalue weighted by Crippen LogP contribution is 2.28. The van der Waals surface area contributed by atoms with Crippen molar-refractivity contribution < 1.29 is 47.7 Å². The van der Waals surface area contributed by atoms with Gasteiger partial charge in [0, 0.05) is 32.2 Å². The molecule has 1 saturated heterocycles. The Morgan fingerprint density at radius 1 is 0.879 bits per heavy atom. The number of benzene rings is 1. The Morgan fingerprint density at radius 2 is 1.45 bits per heavy atom. The molecular weight excluding hydrogens is 506 g/mol. The second-order valence-corrected chi connectivity index (χ2v) is 7.94. The molecule has 1 aliphatic heterocycles. The fraction of sp³-hybridized carbons (Fsp3) is 0.476. The van der Waals surface area contributed by atoms with Gasteiger partial charge in [0.1, 0.15) is 18.8 Å². The van der Waals surface area contributed by atoms with E-state index in [1.807, 2.05) is 0 Å². The number of hydrogen-bond donors (Lipinski definition) is 1. The second kappa shape index (κ2) is 11.8. The lowest BCUT2D eigenvalue weighted by Crippen LogP contribution is -2.67. The molecule has 5 atom stereocenters. The number of ether oxygens (including phenoxy) is 5. The van der Waals surface area contributed by atoms with Crippen LogP contribution in [-0.4, -0.2) is 67.0 Å². The second-order valence-electron chi connectivity index (χ2n) is 7.08. The highest BCUT2D eigenvalue weighted by atomic mass is 79.9. The van der Waals surface area contributed by atoms with Crippen LogP contribution in [0.25, 0.3) is 0 Å². The third-order valence-corrected chi connectivity index (χ3v) is 5.09. The van der Waals surface area contributed by atoms with E-state index in [1.165, 1.54) is 6.07 Å². The Morgan fingerprint density at radius 3 is 2.00 bits per heavy atom. The minimum atomic E-state index is -1.45. The van der Waals surface area contributed by atoms with Gasteiger partial charge in [0.25, 0.3) is 5.91 Å². The third-order valence-electron chi connectivity index (χ3n) is 4.40. The standard InChI is InChI=1S/C21H24BrNO10/c1-10(24)29-9-16-18(30-11(2)25)19(31-12(3)26)17(21(33-16)32-13(4)27)23-20(28)14-7-5-6-8-15(14)22/h5-8,16-19,21H,9H2,1-4H3,(H,23,28)/t16-,17-,18-,19-,21?/m1/s1. The number of esters is 4. The maximum atomic E-state index is 13.0. The van der Waals surface area contributed by atoms with Crippen molar-refractivity contribution in [1.82, 2.24) is 5.32 Å². The lowest BCUT2D eigenvalue weighted by molar-refractivity contribution is -0.270. The lowest BCUT2D eigenvalue weighted by atomic mass is 9.95. The molecule has 1 N–H and O–H groups in total. The van der Waals surface area contributed by atoms with Gasteiger partial charge in [-0.2, -0.15) is 0 Å². The Bertz CT molecular complexity index is 920. The number of hydrogen-bond acceptors (Lipinski definition) is 10. The molecule has 1 amide bonds. The van der Waals surface area contributed by atoms with Crippen molar-refractivity contribution in [3.05, 3.63) is 34.3 Å². The summed E-state index contributed by atoms with van der Waals surface area (Å²) in [5, 5.41) is 2.63. The van der Waals surface area contributed by atoms with E-state index in [0.29, 0.717) is 4.47 Å². The summed E-state index contributed by atoms with van der Waals surface area (Å²) in [6.45, 7) is 4.14. The Labute approximate surface area is 198 Å². The number of carbonyl (C=O) groups is 5. The van der Waals surface area contributed by atoms with Gasteiger partial charge in [-0.25, -0.2) is 0 Å². The van der Waals surface area contributed by atoms with Crippen LogP contribution in [0.3, 0.4) is 0 Å². The molecule has 1 aromatic rings. The van der Waals surface area contributed by atoms with Gasteiger partial charge in [0.15, 0.2) is 12.2 Å². The molecule has 11 nitrogen and oxygen atoms in total. The first-order valence-electron chi connectivity index (χ1n) is 9.85. The van der Waals surface area contributed by atoms with E-state index in [9.17, 15) is 24.0 Å². The fourth-order valence-electron chi connectivity index (χ4n) is 3.19. The number of nitrogens with one attached hydrogen (secondary N) is 1. The monoisotopic (exact) mass is 529 g/mol. The van der Waals surface area contributed by atoms with E-state index in [4.69, 9.17) is 23.7 Å². The minimum absolute atomic E-state index is 0.242. The van der Waals surface area contributed by atoms with Crippen LogP contribution in [-0.2, 0) is 42.9 Å². The predicted octanol–water partition coefficient (Wildman–Crippen LogP) is 1.26. The SMILES string of the molecule is CC(=O)OC[C@H]1OC(OC(C)=O)[C@H](NC(=O)c2ccccc2Br)[C@@H](OC(C)=O)[C@@H]1OC(C)=O. The molecule has 12 heteroatoms. The van der Waals surface area contributed by atoms with Crippen LogP contribution in [0, 0.1) is 0 Å². The van der Waals surface area contributed by atoms with E-state index in [2.05, 4.69) is 21.2 Å².